The molecule has 4 rings (SSSR count). The smallest absolute Gasteiger partial charge is 0.173 e. The molecule has 9 heteroatoms. The number of hydrogen-bond donors (Lipinski definition) is 3. The van der Waals surface area contributed by atoms with Gasteiger partial charge in [0.25, 0.3) is 0 Å². The van der Waals surface area contributed by atoms with E-state index in [9.17, 15) is 4.39 Å². The van der Waals surface area contributed by atoms with E-state index in [1.165, 1.54) is 12.1 Å². The highest BCUT2D eigenvalue weighted by molar-refractivity contribution is 5.72. The maximum absolute atomic E-state index is 13.5. The van der Waals surface area contributed by atoms with Gasteiger partial charge in [0.2, 0.25) is 0 Å². The molecule has 3 N–H and O–H groups in total. The van der Waals surface area contributed by atoms with Gasteiger partial charge in [0.1, 0.15) is 11.3 Å². The topological polar surface area (TPSA) is 86.2 Å². The van der Waals surface area contributed by atoms with Gasteiger partial charge in [0, 0.05) is 31.0 Å². The lowest BCUT2D eigenvalue weighted by Crippen LogP contribution is -2.33. The molecule has 0 amide bonds. The van der Waals surface area contributed by atoms with E-state index >= 15 is 0 Å². The molecule has 0 bridgehead atoms. The molecule has 0 fully saturated rings. The number of benzene rings is 1. The number of fused-ring (bicyclic) bond motifs is 1. The quantitative estimate of drug-likeness (QED) is 0.384. The Morgan fingerprint density at radius 2 is 2.03 bits per heavy atom. The van der Waals surface area contributed by atoms with Gasteiger partial charge in [0.05, 0.1) is 6.04 Å². The Balaban J connectivity index is 1.70. The molecule has 4 aromatic rings. The first-order valence-electron chi connectivity index (χ1n) is 10.3. The summed E-state index contributed by atoms with van der Waals surface area (Å²) in [6, 6.07) is 11.9. The number of halogens is 1. The summed E-state index contributed by atoms with van der Waals surface area (Å²) in [5.41, 5.74) is 2.69. The van der Waals surface area contributed by atoms with Gasteiger partial charge in [0.15, 0.2) is 17.5 Å². The minimum Gasteiger partial charge on any atom is -0.322 e. The molecule has 0 radical (unpaired) electrons. The molecule has 3 aromatic heterocycles. The van der Waals surface area contributed by atoms with Crippen LogP contribution in [0.5, 0.6) is 0 Å². The van der Waals surface area contributed by atoms with Crippen LogP contribution in [0.4, 0.5) is 16.0 Å². The minimum absolute atomic E-state index is 0.272. The highest BCUT2D eigenvalue weighted by Crippen LogP contribution is 2.24. The summed E-state index contributed by atoms with van der Waals surface area (Å²) >= 11 is 0. The first kappa shape index (κ1) is 21.0. The van der Waals surface area contributed by atoms with E-state index in [1.807, 2.05) is 31.3 Å². The second-order valence-electron chi connectivity index (χ2n) is 7.55. The normalized spacial score (nSPS) is 12.5. The Morgan fingerprint density at radius 3 is 2.74 bits per heavy atom. The van der Waals surface area contributed by atoms with Gasteiger partial charge in [-0.1, -0.05) is 19.1 Å². The summed E-state index contributed by atoms with van der Waals surface area (Å²) in [5.74, 6) is 1.65. The van der Waals surface area contributed by atoms with Crippen molar-refractivity contribution in [3.05, 3.63) is 71.6 Å². The molecule has 8 nitrogen and oxygen atoms in total. The van der Waals surface area contributed by atoms with Crippen LogP contribution < -0.4 is 10.6 Å². The van der Waals surface area contributed by atoms with E-state index in [-0.39, 0.29) is 11.9 Å². The fourth-order valence-electron chi connectivity index (χ4n) is 3.34. The van der Waals surface area contributed by atoms with E-state index in [2.05, 4.69) is 39.7 Å². The standard InChI is InChI=1S/C22H27FN8/c1-4-30(3)13-11-24-20(16-7-9-17(23)10-8-16)22-26-21(18-6-5-12-31(18)29-22)25-19-14-15(2)27-28-19/h5-10,12,14,20,24H,4,11,13H2,1-3H3,(H2,25,26,27,28,29). The van der Waals surface area contributed by atoms with Crippen molar-refractivity contribution in [3.63, 3.8) is 0 Å². The van der Waals surface area contributed by atoms with Crippen LogP contribution in [-0.4, -0.2) is 56.4 Å². The Bertz CT molecular complexity index is 1130. The third kappa shape index (κ3) is 4.89. The number of aromatic nitrogens is 5. The van der Waals surface area contributed by atoms with Crippen LogP contribution in [0.15, 0.2) is 48.7 Å². The molecule has 0 aliphatic rings. The molecule has 31 heavy (non-hydrogen) atoms. The van der Waals surface area contributed by atoms with Crippen LogP contribution >= 0.6 is 0 Å². The summed E-state index contributed by atoms with van der Waals surface area (Å²) < 4.78 is 15.3. The lowest BCUT2D eigenvalue weighted by Gasteiger charge is -2.21. The molecule has 0 aliphatic carbocycles. The molecule has 1 unspecified atom stereocenters. The van der Waals surface area contributed by atoms with Gasteiger partial charge in [-0.05, 0) is 50.3 Å². The molecule has 0 spiro atoms. The van der Waals surface area contributed by atoms with Crippen molar-refractivity contribution in [3.8, 4) is 0 Å². The number of aryl methyl sites for hydroxylation is 1. The minimum atomic E-state index is -0.292. The van der Waals surface area contributed by atoms with E-state index in [1.54, 1.807) is 16.6 Å². The number of rotatable bonds is 9. The average Bonchev–Trinajstić information content (AvgIpc) is 3.40. The number of nitrogens with one attached hydrogen (secondary N) is 3. The van der Waals surface area contributed by atoms with E-state index in [4.69, 9.17) is 10.1 Å². The molecule has 1 atom stereocenters. The fourth-order valence-corrected chi connectivity index (χ4v) is 3.34. The molecule has 0 aliphatic heterocycles. The SMILES string of the molecule is CCN(C)CCNC(c1ccc(F)cc1)c1nc(Nc2cc(C)[nH]n2)c2cccn2n1. The number of nitrogens with zero attached hydrogens (tertiary/aromatic N) is 5. The predicted molar refractivity (Wildman–Crippen MR) is 119 cm³/mol. The zero-order valence-corrected chi connectivity index (χ0v) is 17.9. The molecule has 162 valence electrons. The van der Waals surface area contributed by atoms with Gasteiger partial charge in [-0.15, -0.1) is 0 Å². The summed E-state index contributed by atoms with van der Waals surface area (Å²) in [6.45, 7) is 6.64. The van der Waals surface area contributed by atoms with Crippen LogP contribution in [0.25, 0.3) is 5.52 Å². The van der Waals surface area contributed by atoms with Crippen molar-refractivity contribution in [2.45, 2.75) is 19.9 Å². The zero-order valence-electron chi connectivity index (χ0n) is 17.9. The first-order valence-corrected chi connectivity index (χ1v) is 10.3. The van der Waals surface area contributed by atoms with Crippen molar-refractivity contribution in [1.29, 1.82) is 0 Å². The Hall–Kier alpha value is -3.30. The molecule has 3 heterocycles. The predicted octanol–water partition coefficient (Wildman–Crippen LogP) is 3.27. The summed E-state index contributed by atoms with van der Waals surface area (Å²) in [4.78, 5) is 7.05. The van der Waals surface area contributed by atoms with Gasteiger partial charge >= 0.3 is 0 Å². The monoisotopic (exact) mass is 422 g/mol. The highest BCUT2D eigenvalue weighted by Gasteiger charge is 2.20. The Kier molecular flexibility index (Phi) is 6.24. The lowest BCUT2D eigenvalue weighted by molar-refractivity contribution is 0.343. The largest absolute Gasteiger partial charge is 0.322 e. The third-order valence-corrected chi connectivity index (χ3v) is 5.20. The van der Waals surface area contributed by atoms with E-state index in [0.29, 0.717) is 17.5 Å². The summed E-state index contributed by atoms with van der Waals surface area (Å²) in [6.07, 6.45) is 1.88. The Morgan fingerprint density at radius 1 is 1.23 bits per heavy atom. The van der Waals surface area contributed by atoms with Crippen molar-refractivity contribution in [1.82, 2.24) is 35.0 Å². The first-order chi connectivity index (χ1) is 15.0. The van der Waals surface area contributed by atoms with Gasteiger partial charge in [-0.2, -0.15) is 10.2 Å². The average molecular weight is 423 g/mol. The van der Waals surface area contributed by atoms with Crippen molar-refractivity contribution < 1.29 is 4.39 Å². The molecule has 0 saturated carbocycles. The second-order valence-corrected chi connectivity index (χ2v) is 7.55. The number of anilines is 2. The van der Waals surface area contributed by atoms with Crippen LogP contribution in [0.1, 0.15) is 30.0 Å². The van der Waals surface area contributed by atoms with Gasteiger partial charge in [-0.25, -0.2) is 13.9 Å². The van der Waals surface area contributed by atoms with Crippen molar-refractivity contribution in [2.75, 3.05) is 32.0 Å². The van der Waals surface area contributed by atoms with Crippen molar-refractivity contribution >= 4 is 17.2 Å². The molecular formula is C22H27FN8. The Labute approximate surface area is 180 Å². The number of likely N-dealkylation sites (N-methyl/N-ethyl adjacent to an activating group) is 1. The number of aromatic amines is 1. The third-order valence-electron chi connectivity index (χ3n) is 5.20. The van der Waals surface area contributed by atoms with Gasteiger partial charge in [-0.3, -0.25) is 5.10 Å². The van der Waals surface area contributed by atoms with Crippen LogP contribution in [0.2, 0.25) is 0 Å². The second kappa shape index (κ2) is 9.23. The van der Waals surface area contributed by atoms with E-state index < -0.39 is 0 Å². The van der Waals surface area contributed by atoms with Crippen LogP contribution in [0.3, 0.4) is 0 Å². The highest BCUT2D eigenvalue weighted by atomic mass is 19.1. The number of hydrogen-bond acceptors (Lipinski definition) is 6. The van der Waals surface area contributed by atoms with Crippen LogP contribution in [0, 0.1) is 12.7 Å². The van der Waals surface area contributed by atoms with Crippen molar-refractivity contribution in [2.24, 2.45) is 0 Å². The zero-order chi connectivity index (χ0) is 21.8. The molecule has 0 saturated heterocycles. The maximum atomic E-state index is 13.5. The van der Waals surface area contributed by atoms with Crippen LogP contribution in [-0.2, 0) is 0 Å². The maximum Gasteiger partial charge on any atom is 0.173 e. The molecular weight excluding hydrogens is 395 g/mol. The number of H-pyrrole nitrogens is 1. The molecule has 1 aromatic carbocycles. The van der Waals surface area contributed by atoms with Gasteiger partial charge < -0.3 is 15.5 Å². The summed E-state index contributed by atoms with van der Waals surface area (Å²) in [7, 11) is 2.07. The summed E-state index contributed by atoms with van der Waals surface area (Å²) in [5, 5.41) is 18.7. The lowest BCUT2D eigenvalue weighted by atomic mass is 10.1. The van der Waals surface area contributed by atoms with E-state index in [0.717, 1.165) is 36.4 Å². The fraction of sp³-hybridized carbons (Fsp3) is 0.318.